The molecule has 3 N–H and O–H groups in total. The number of nitrogens with zero attached hydrogens (tertiary/aromatic N) is 1. The molecule has 1 aromatic heterocycles. The summed E-state index contributed by atoms with van der Waals surface area (Å²) in [5, 5.41) is 10.4. The van der Waals surface area contributed by atoms with Gasteiger partial charge in [0.15, 0.2) is 5.43 Å². The molecule has 164 valence electrons. The first-order valence-electron chi connectivity index (χ1n) is 9.98. The van der Waals surface area contributed by atoms with E-state index in [9.17, 15) is 9.90 Å². The Morgan fingerprint density at radius 2 is 1.97 bits per heavy atom. The summed E-state index contributed by atoms with van der Waals surface area (Å²) in [4.78, 5) is 15.3. The summed E-state index contributed by atoms with van der Waals surface area (Å²) < 4.78 is 18.3. The minimum Gasteiger partial charge on any atom is -0.496 e. The highest BCUT2D eigenvalue weighted by molar-refractivity contribution is 9.10. The van der Waals surface area contributed by atoms with Crippen LogP contribution in [0.1, 0.15) is 17.9 Å². The second kappa shape index (κ2) is 8.53. The van der Waals surface area contributed by atoms with Crippen LogP contribution in [0.4, 0.5) is 5.69 Å². The third-order valence-electron chi connectivity index (χ3n) is 6.05. The van der Waals surface area contributed by atoms with E-state index in [2.05, 4.69) is 20.8 Å². The number of anilines is 1. The molecule has 2 atom stereocenters. The quantitative estimate of drug-likeness (QED) is 0.529. The standard InChI is InChI=1S/C23H25BrN2O5/c1-26-7-6-14(16(26)11-27)21-19(29-2)10-20(30-3)22-17(28)9-18(31-23(21)22)13-5-4-12(25)8-15(13)24/h4-5,8-10,14,16,27H,6-7,11,25H2,1-3H3/t14-,16+/m0/s1. The summed E-state index contributed by atoms with van der Waals surface area (Å²) in [6.45, 7) is 0.811. The number of likely N-dealkylation sites (tertiary alicyclic amines) is 1. The van der Waals surface area contributed by atoms with Gasteiger partial charge in [0.05, 0.1) is 20.8 Å². The monoisotopic (exact) mass is 488 g/mol. The van der Waals surface area contributed by atoms with E-state index in [4.69, 9.17) is 19.6 Å². The number of benzene rings is 2. The van der Waals surface area contributed by atoms with Gasteiger partial charge in [0.1, 0.15) is 28.2 Å². The van der Waals surface area contributed by atoms with Gasteiger partial charge in [-0.15, -0.1) is 0 Å². The van der Waals surface area contributed by atoms with Crippen LogP contribution in [0.5, 0.6) is 11.5 Å². The van der Waals surface area contributed by atoms with E-state index in [1.54, 1.807) is 31.4 Å². The summed E-state index contributed by atoms with van der Waals surface area (Å²) >= 11 is 3.51. The molecule has 31 heavy (non-hydrogen) atoms. The highest BCUT2D eigenvalue weighted by atomic mass is 79.9. The zero-order chi connectivity index (χ0) is 22.3. The number of halogens is 1. The van der Waals surface area contributed by atoms with Gasteiger partial charge < -0.3 is 29.6 Å². The van der Waals surface area contributed by atoms with Gasteiger partial charge in [-0.25, -0.2) is 0 Å². The Kier molecular flexibility index (Phi) is 5.96. The van der Waals surface area contributed by atoms with Crippen LogP contribution in [-0.2, 0) is 0 Å². The van der Waals surface area contributed by atoms with Crippen molar-refractivity contribution in [2.24, 2.45) is 0 Å². The zero-order valence-electron chi connectivity index (χ0n) is 17.6. The number of rotatable bonds is 5. The predicted molar refractivity (Wildman–Crippen MR) is 124 cm³/mol. The average Bonchev–Trinajstić information content (AvgIpc) is 3.12. The lowest BCUT2D eigenvalue weighted by Gasteiger charge is -2.25. The van der Waals surface area contributed by atoms with Gasteiger partial charge in [-0.2, -0.15) is 0 Å². The first-order valence-corrected chi connectivity index (χ1v) is 10.8. The van der Waals surface area contributed by atoms with Crippen molar-refractivity contribution in [2.45, 2.75) is 18.4 Å². The maximum absolute atomic E-state index is 13.2. The molecule has 0 aliphatic carbocycles. The van der Waals surface area contributed by atoms with Crippen LogP contribution in [-0.4, -0.2) is 50.5 Å². The van der Waals surface area contributed by atoms with Crippen LogP contribution in [0.2, 0.25) is 0 Å². The van der Waals surface area contributed by atoms with Crippen LogP contribution >= 0.6 is 15.9 Å². The van der Waals surface area contributed by atoms with Crippen LogP contribution in [0.3, 0.4) is 0 Å². The zero-order valence-corrected chi connectivity index (χ0v) is 19.2. The summed E-state index contributed by atoms with van der Waals surface area (Å²) in [6.07, 6.45) is 0.805. The van der Waals surface area contributed by atoms with Gasteiger partial charge in [0.2, 0.25) is 0 Å². The molecule has 1 fully saturated rings. The first kappa shape index (κ1) is 21.7. The molecule has 3 aromatic rings. The molecule has 4 rings (SSSR count). The van der Waals surface area contributed by atoms with Crippen molar-refractivity contribution < 1.29 is 19.0 Å². The topological polar surface area (TPSA) is 98.2 Å². The molecule has 8 heteroatoms. The van der Waals surface area contributed by atoms with E-state index in [1.165, 1.54) is 13.2 Å². The lowest BCUT2D eigenvalue weighted by atomic mass is 9.89. The molecule has 1 saturated heterocycles. The number of hydrogen-bond donors (Lipinski definition) is 2. The largest absolute Gasteiger partial charge is 0.496 e. The molecule has 0 saturated carbocycles. The van der Waals surface area contributed by atoms with Crippen molar-refractivity contribution in [3.63, 3.8) is 0 Å². The Morgan fingerprint density at radius 3 is 2.61 bits per heavy atom. The molecule has 0 spiro atoms. The van der Waals surface area contributed by atoms with Crippen LogP contribution in [0.15, 0.2) is 44.0 Å². The van der Waals surface area contributed by atoms with Crippen LogP contribution < -0.4 is 20.6 Å². The molecule has 2 heterocycles. The Labute approximate surface area is 188 Å². The third-order valence-corrected chi connectivity index (χ3v) is 6.70. The maximum atomic E-state index is 13.2. The molecule has 1 aliphatic rings. The van der Waals surface area contributed by atoms with Crippen molar-refractivity contribution in [2.75, 3.05) is 40.2 Å². The number of hydrogen-bond acceptors (Lipinski definition) is 7. The SMILES string of the molecule is COc1cc(OC)c2c(=O)cc(-c3ccc(N)cc3Br)oc2c1[C@H]1CCN(C)[C@@H]1CO. The van der Waals surface area contributed by atoms with E-state index < -0.39 is 0 Å². The Balaban J connectivity index is 2.06. The fourth-order valence-electron chi connectivity index (χ4n) is 4.45. The fraction of sp³-hybridized carbons (Fsp3) is 0.348. The molecule has 0 unspecified atom stereocenters. The second-order valence-corrected chi connectivity index (χ2v) is 8.59. The summed E-state index contributed by atoms with van der Waals surface area (Å²) in [7, 11) is 5.07. The number of ether oxygens (including phenoxy) is 2. The molecular weight excluding hydrogens is 464 g/mol. The first-order chi connectivity index (χ1) is 14.9. The van der Waals surface area contributed by atoms with E-state index >= 15 is 0 Å². The minimum atomic E-state index is -0.215. The van der Waals surface area contributed by atoms with Gasteiger partial charge in [0.25, 0.3) is 0 Å². The van der Waals surface area contributed by atoms with Crippen LogP contribution in [0.25, 0.3) is 22.3 Å². The van der Waals surface area contributed by atoms with E-state index in [1.807, 2.05) is 7.05 Å². The number of likely N-dealkylation sites (N-methyl/N-ethyl adjacent to an activating group) is 1. The third kappa shape index (κ3) is 3.69. The van der Waals surface area contributed by atoms with Crippen molar-refractivity contribution >= 4 is 32.6 Å². The number of nitrogens with two attached hydrogens (primary N) is 1. The number of aliphatic hydroxyl groups is 1. The van der Waals surface area contributed by atoms with Gasteiger partial charge in [-0.05, 0) is 54.1 Å². The number of aliphatic hydroxyl groups excluding tert-OH is 1. The summed E-state index contributed by atoms with van der Waals surface area (Å²) in [5.41, 5.74) is 8.15. The predicted octanol–water partition coefficient (Wildman–Crippen LogP) is 3.60. The molecule has 0 radical (unpaired) electrons. The summed E-state index contributed by atoms with van der Waals surface area (Å²) in [5.74, 6) is 1.30. The van der Waals surface area contributed by atoms with Gasteiger partial charge in [-0.1, -0.05) is 0 Å². The molecular formula is C23H25BrN2O5. The fourth-order valence-corrected chi connectivity index (χ4v) is 5.05. The summed E-state index contributed by atoms with van der Waals surface area (Å²) in [6, 6.07) is 8.40. The van der Waals surface area contributed by atoms with Crippen molar-refractivity contribution in [3.05, 3.63) is 50.6 Å². The van der Waals surface area contributed by atoms with Crippen molar-refractivity contribution in [1.82, 2.24) is 4.90 Å². The van der Waals surface area contributed by atoms with E-state index in [0.29, 0.717) is 39.5 Å². The highest BCUT2D eigenvalue weighted by Crippen LogP contribution is 2.45. The molecule has 0 amide bonds. The van der Waals surface area contributed by atoms with Gasteiger partial charge in [-0.3, -0.25) is 4.79 Å². The second-order valence-electron chi connectivity index (χ2n) is 7.74. The molecule has 7 nitrogen and oxygen atoms in total. The maximum Gasteiger partial charge on any atom is 0.197 e. The number of fused-ring (bicyclic) bond motifs is 1. The highest BCUT2D eigenvalue weighted by Gasteiger charge is 2.37. The van der Waals surface area contributed by atoms with Gasteiger partial charge >= 0.3 is 0 Å². The van der Waals surface area contributed by atoms with Crippen molar-refractivity contribution in [1.29, 1.82) is 0 Å². The normalized spacial score (nSPS) is 19.1. The minimum absolute atomic E-state index is 0.00865. The number of nitrogen functional groups attached to an aromatic ring is 1. The Morgan fingerprint density at radius 1 is 1.23 bits per heavy atom. The van der Waals surface area contributed by atoms with E-state index in [0.717, 1.165) is 23.0 Å². The number of methoxy groups -OCH3 is 2. The van der Waals surface area contributed by atoms with E-state index in [-0.39, 0.29) is 24.0 Å². The van der Waals surface area contributed by atoms with Crippen LogP contribution in [0, 0.1) is 0 Å². The smallest absolute Gasteiger partial charge is 0.197 e. The molecule has 2 aromatic carbocycles. The molecule has 1 aliphatic heterocycles. The Hall–Kier alpha value is -2.55. The van der Waals surface area contributed by atoms with Crippen molar-refractivity contribution in [3.8, 4) is 22.8 Å². The van der Waals surface area contributed by atoms with Gasteiger partial charge in [0, 0.05) is 45.4 Å². The Bertz CT molecular complexity index is 1190. The lowest BCUT2D eigenvalue weighted by Crippen LogP contribution is -2.32. The lowest BCUT2D eigenvalue weighted by molar-refractivity contribution is 0.171. The molecule has 0 bridgehead atoms. The average molecular weight is 489 g/mol.